The summed E-state index contributed by atoms with van der Waals surface area (Å²) in [5.41, 5.74) is 27.5. The number of phenols is 1. The van der Waals surface area contributed by atoms with E-state index in [-0.39, 0.29) is 75.2 Å². The number of carbonyl (C=O) groups excluding carboxylic acids is 8. The van der Waals surface area contributed by atoms with Gasteiger partial charge in [0, 0.05) is 26.4 Å². The number of nitrogens with one attached hydrogen (secondary N) is 7. The van der Waals surface area contributed by atoms with Crippen LogP contribution in [0.5, 0.6) is 5.75 Å². The van der Waals surface area contributed by atoms with Crippen LogP contribution in [-0.2, 0) is 44.8 Å². The van der Waals surface area contributed by atoms with E-state index >= 15 is 0 Å². The number of aliphatic hydroxyl groups is 2. The molecule has 25 heteroatoms. The Morgan fingerprint density at radius 3 is 1.42 bits per heavy atom. The number of hydrogen-bond acceptors (Lipinski definition) is 13. The molecule has 1 aromatic carbocycles. The van der Waals surface area contributed by atoms with E-state index in [1.807, 2.05) is 13.8 Å². The van der Waals surface area contributed by atoms with Crippen molar-refractivity contribution in [1.29, 1.82) is 0 Å². The molecule has 25 nitrogen and oxygen atoms in total. The molecular weight excluding hydrogens is 853 g/mol. The predicted molar refractivity (Wildman–Crippen MR) is 238 cm³/mol. The maximum Gasteiger partial charge on any atom is 0.245 e. The van der Waals surface area contributed by atoms with E-state index in [4.69, 9.17) is 28.7 Å². The number of primary amides is 1. The van der Waals surface area contributed by atoms with Crippen LogP contribution in [-0.4, -0.2) is 143 Å². The summed E-state index contributed by atoms with van der Waals surface area (Å²) in [6.45, 7) is 6.38. The zero-order valence-electron chi connectivity index (χ0n) is 37.5. The van der Waals surface area contributed by atoms with Gasteiger partial charge in [-0.25, -0.2) is 0 Å². The van der Waals surface area contributed by atoms with E-state index in [0.29, 0.717) is 5.56 Å². The molecule has 1 rings (SSSR count). The first-order chi connectivity index (χ1) is 30.5. The predicted octanol–water partition coefficient (Wildman–Crippen LogP) is -5.37. The van der Waals surface area contributed by atoms with E-state index in [1.54, 1.807) is 13.8 Å². The van der Waals surface area contributed by atoms with Gasteiger partial charge in [-0.3, -0.25) is 48.3 Å². The van der Waals surface area contributed by atoms with Gasteiger partial charge in [-0.2, -0.15) is 0 Å². The third kappa shape index (κ3) is 21.9. The minimum Gasteiger partial charge on any atom is -0.508 e. The fourth-order valence-corrected chi connectivity index (χ4v) is 6.11. The molecule has 364 valence electrons. The smallest absolute Gasteiger partial charge is 0.245 e. The number of nitrogens with zero attached hydrogens (tertiary/aromatic N) is 2. The largest absolute Gasteiger partial charge is 0.508 e. The van der Waals surface area contributed by atoms with Crippen molar-refractivity contribution in [3.63, 3.8) is 0 Å². The molecule has 1 aromatic rings. The highest BCUT2D eigenvalue weighted by atomic mass is 16.3. The highest BCUT2D eigenvalue weighted by molar-refractivity contribution is 5.97. The number of benzene rings is 1. The topological polar surface area (TPSA) is 436 Å². The number of hydrogen-bond donors (Lipinski definition) is 15. The molecule has 0 aliphatic heterocycles. The summed E-state index contributed by atoms with van der Waals surface area (Å²) in [5.74, 6) is -7.96. The second-order valence-electron chi connectivity index (χ2n) is 16.0. The number of nitrogens with two attached hydrogens (primary N) is 5. The summed E-state index contributed by atoms with van der Waals surface area (Å²) in [7, 11) is 0. The number of aliphatic imine (C=N–C) groups is 2. The Balaban J connectivity index is 3.53. The summed E-state index contributed by atoms with van der Waals surface area (Å²) in [5, 5.41) is 46.6. The Morgan fingerprint density at radius 2 is 0.969 bits per heavy atom. The van der Waals surface area contributed by atoms with Crippen LogP contribution in [0.25, 0.3) is 0 Å². The number of amides is 8. The minimum absolute atomic E-state index is 0.0219. The average molecular weight is 921 g/mol. The third-order valence-electron chi connectivity index (χ3n) is 9.47. The minimum atomic E-state index is -1.66. The molecule has 0 bridgehead atoms. The lowest BCUT2D eigenvalue weighted by Crippen LogP contribution is -2.61. The number of rotatable bonds is 29. The summed E-state index contributed by atoms with van der Waals surface area (Å²) in [6.07, 6.45) is 0.212. The lowest BCUT2D eigenvalue weighted by Gasteiger charge is -2.29. The van der Waals surface area contributed by atoms with E-state index in [0.717, 1.165) is 0 Å². The summed E-state index contributed by atoms with van der Waals surface area (Å²) in [6, 6.07) is -3.79. The van der Waals surface area contributed by atoms with Crippen molar-refractivity contribution in [3.05, 3.63) is 29.8 Å². The molecule has 20 N–H and O–H groups in total. The first kappa shape index (κ1) is 56.3. The van der Waals surface area contributed by atoms with Gasteiger partial charge in [0.05, 0.1) is 13.2 Å². The molecule has 8 amide bonds. The Labute approximate surface area is 377 Å². The van der Waals surface area contributed by atoms with Gasteiger partial charge < -0.3 is 81.2 Å². The van der Waals surface area contributed by atoms with Crippen LogP contribution in [0.15, 0.2) is 34.3 Å². The zero-order valence-corrected chi connectivity index (χ0v) is 37.5. The molecule has 0 aliphatic rings. The van der Waals surface area contributed by atoms with Gasteiger partial charge in [-0.15, -0.1) is 0 Å². The van der Waals surface area contributed by atoms with Gasteiger partial charge in [-0.05, 0) is 61.6 Å². The molecule has 0 unspecified atom stereocenters. The monoisotopic (exact) mass is 921 g/mol. The molecule has 7 atom stereocenters. The Kier molecular flexibility index (Phi) is 25.0. The van der Waals surface area contributed by atoms with Crippen molar-refractivity contribution in [2.75, 3.05) is 26.3 Å². The maximum absolute atomic E-state index is 14.1. The molecule has 0 aromatic heterocycles. The van der Waals surface area contributed by atoms with Crippen molar-refractivity contribution >= 4 is 59.2 Å². The lowest BCUT2D eigenvalue weighted by atomic mass is 9.99. The molecule has 0 aliphatic carbocycles. The van der Waals surface area contributed by atoms with Crippen LogP contribution in [0.4, 0.5) is 0 Å². The number of aromatic hydroxyl groups is 1. The molecule has 65 heavy (non-hydrogen) atoms. The lowest BCUT2D eigenvalue weighted by molar-refractivity contribution is -0.136. The van der Waals surface area contributed by atoms with Crippen molar-refractivity contribution in [2.45, 2.75) is 115 Å². The van der Waals surface area contributed by atoms with Crippen LogP contribution >= 0.6 is 0 Å². The van der Waals surface area contributed by atoms with Crippen LogP contribution in [0, 0.1) is 11.8 Å². The van der Waals surface area contributed by atoms with Gasteiger partial charge in [0.25, 0.3) is 0 Å². The molecule has 0 saturated carbocycles. The SMILES string of the molecule is CC(=O)N[C@@H](CC(C)C)C(=O)N[C@@H](Cc1ccc(O)cc1)C(=O)N[C@@H](CCCN=C(N)N)C(=O)N[C@H](C(=O)N[C@@H](CCCN=C(N)N)C(=O)N[C@@H](CO)C(=O)N[C@@H](CO)C(N)=O)C(C)C. The highest BCUT2D eigenvalue weighted by Gasteiger charge is 2.35. The third-order valence-corrected chi connectivity index (χ3v) is 9.47. The maximum atomic E-state index is 14.1. The second kappa shape index (κ2) is 28.8. The quantitative estimate of drug-likeness (QED) is 0.0203. The van der Waals surface area contributed by atoms with Crippen LogP contribution in [0.3, 0.4) is 0 Å². The number of carbonyl (C=O) groups is 8. The molecular formula is C40H68N14O11. The van der Waals surface area contributed by atoms with E-state index in [1.165, 1.54) is 31.2 Å². The summed E-state index contributed by atoms with van der Waals surface area (Å²) < 4.78 is 0. The Hall–Kier alpha value is -6.76. The van der Waals surface area contributed by atoms with Gasteiger partial charge in [0.1, 0.15) is 48.0 Å². The van der Waals surface area contributed by atoms with Gasteiger partial charge in [-0.1, -0.05) is 39.8 Å². The number of phenolic OH excluding ortho intramolecular Hbond substituents is 1. The summed E-state index contributed by atoms with van der Waals surface area (Å²) in [4.78, 5) is 114. The molecule has 0 heterocycles. The second-order valence-corrected chi connectivity index (χ2v) is 16.0. The first-order valence-corrected chi connectivity index (χ1v) is 21.0. The molecule has 0 spiro atoms. The Morgan fingerprint density at radius 1 is 0.554 bits per heavy atom. The first-order valence-electron chi connectivity index (χ1n) is 21.0. The average Bonchev–Trinajstić information content (AvgIpc) is 3.22. The van der Waals surface area contributed by atoms with Crippen LogP contribution < -0.4 is 65.9 Å². The van der Waals surface area contributed by atoms with Crippen molar-refractivity contribution in [2.24, 2.45) is 50.5 Å². The van der Waals surface area contributed by atoms with E-state index in [2.05, 4.69) is 47.2 Å². The van der Waals surface area contributed by atoms with Crippen LogP contribution in [0.1, 0.15) is 72.3 Å². The van der Waals surface area contributed by atoms with E-state index < -0.39 is 109 Å². The zero-order chi connectivity index (χ0) is 49.4. The normalized spacial score (nSPS) is 14.2. The molecule has 0 radical (unpaired) electrons. The highest BCUT2D eigenvalue weighted by Crippen LogP contribution is 2.14. The van der Waals surface area contributed by atoms with Gasteiger partial charge >= 0.3 is 0 Å². The van der Waals surface area contributed by atoms with Crippen molar-refractivity contribution in [1.82, 2.24) is 37.2 Å². The fourth-order valence-electron chi connectivity index (χ4n) is 6.11. The summed E-state index contributed by atoms with van der Waals surface area (Å²) >= 11 is 0. The van der Waals surface area contributed by atoms with Crippen molar-refractivity contribution < 1.29 is 53.7 Å². The number of guanidine groups is 2. The molecule has 0 fully saturated rings. The fraction of sp³-hybridized carbons (Fsp3) is 0.600. The van der Waals surface area contributed by atoms with Crippen molar-refractivity contribution in [3.8, 4) is 5.75 Å². The van der Waals surface area contributed by atoms with E-state index in [9.17, 15) is 53.7 Å². The number of aliphatic hydroxyl groups excluding tert-OH is 2. The van der Waals surface area contributed by atoms with Gasteiger partial charge in [0.2, 0.25) is 47.3 Å². The standard InChI is InChI=1S/C40H68N14O11/c1-20(2)16-27(48-22(5)57)35(62)51-28(17-23-10-12-24(58)13-11-23)36(63)49-26(9-7-15-47-40(44)45)34(61)54-31(21(3)4)38(65)50-25(8-6-14-46-39(42)43)33(60)53-30(19-56)37(64)52-29(18-55)32(41)59/h10-13,20-21,25-31,55-56,58H,6-9,14-19H2,1-5H3,(H2,41,59)(H,48,57)(H,49,63)(H,50,65)(H,51,62)(H,52,64)(H,53,60)(H,54,61)(H4,42,43,46)(H4,44,45,47)/t25-,26-,27-,28-,29-,30-,31-/m0/s1. The Bertz CT molecular complexity index is 1820. The van der Waals surface area contributed by atoms with Crippen LogP contribution in [0.2, 0.25) is 0 Å². The molecule has 0 saturated heterocycles. The van der Waals surface area contributed by atoms with Gasteiger partial charge in [0.15, 0.2) is 11.9 Å².